The van der Waals surface area contributed by atoms with Crippen molar-refractivity contribution in [3.05, 3.63) is 95.1 Å². The number of aliphatic hydroxyl groups is 1. The highest BCUT2D eigenvalue weighted by Crippen LogP contribution is 2.39. The number of carbonyl (C=O) groups is 2. The van der Waals surface area contributed by atoms with Gasteiger partial charge in [-0.3, -0.25) is 19.7 Å². The third kappa shape index (κ3) is 9.67. The second-order valence-corrected chi connectivity index (χ2v) is 11.6. The second kappa shape index (κ2) is 16.6. The van der Waals surface area contributed by atoms with Crippen molar-refractivity contribution in [1.82, 2.24) is 15.7 Å². The molecule has 0 aliphatic carbocycles. The Balaban J connectivity index is 1.26. The maximum atomic E-state index is 12.3. The molecule has 3 aromatic carbocycles. The van der Waals surface area contributed by atoms with E-state index in [-0.39, 0.29) is 31.1 Å². The number of hydrogen-bond acceptors (Lipinski definition) is 8. The van der Waals surface area contributed by atoms with Crippen molar-refractivity contribution in [2.75, 3.05) is 32.8 Å². The molecule has 240 valence electrons. The van der Waals surface area contributed by atoms with E-state index in [1.54, 1.807) is 5.48 Å². The lowest BCUT2D eigenvalue weighted by molar-refractivity contribution is -0.253. The predicted molar refractivity (Wildman–Crippen MR) is 168 cm³/mol. The van der Waals surface area contributed by atoms with E-state index in [2.05, 4.69) is 28.4 Å². The van der Waals surface area contributed by atoms with Gasteiger partial charge in [-0.1, -0.05) is 60.7 Å². The summed E-state index contributed by atoms with van der Waals surface area (Å²) in [7, 11) is 0. The normalized spacial score (nSPS) is 20.4. The fourth-order valence-corrected chi connectivity index (χ4v) is 5.75. The Morgan fingerprint density at radius 3 is 2.27 bits per heavy atom. The van der Waals surface area contributed by atoms with Crippen molar-refractivity contribution < 1.29 is 34.1 Å². The van der Waals surface area contributed by atoms with Gasteiger partial charge in [-0.25, -0.2) is 5.48 Å². The zero-order valence-electron chi connectivity index (χ0n) is 25.5. The molecular formula is C35H43N3O7. The van der Waals surface area contributed by atoms with E-state index in [4.69, 9.17) is 19.4 Å². The van der Waals surface area contributed by atoms with E-state index >= 15 is 0 Å². The van der Waals surface area contributed by atoms with E-state index in [1.165, 1.54) is 0 Å². The molecule has 2 aliphatic rings. The summed E-state index contributed by atoms with van der Waals surface area (Å²) in [4.78, 5) is 25.8. The van der Waals surface area contributed by atoms with E-state index in [1.807, 2.05) is 54.6 Å². The SMILES string of the molecule is O=C(CCCCC(=O)NCc1cccc(-c2cccc(C3OC(CN4CCOCC4)CC(c4ccc(CO)cc4)O3)c2)c1)NO. The summed E-state index contributed by atoms with van der Waals surface area (Å²) in [5.41, 5.74) is 7.50. The first-order valence-electron chi connectivity index (χ1n) is 15.7. The van der Waals surface area contributed by atoms with Crippen LogP contribution in [0.15, 0.2) is 72.8 Å². The first-order valence-corrected chi connectivity index (χ1v) is 15.7. The van der Waals surface area contributed by atoms with Gasteiger partial charge in [0.15, 0.2) is 6.29 Å². The van der Waals surface area contributed by atoms with Gasteiger partial charge in [-0.05, 0) is 52.8 Å². The zero-order chi connectivity index (χ0) is 31.4. The molecule has 4 N–H and O–H groups in total. The van der Waals surface area contributed by atoms with Crippen LogP contribution in [0.2, 0.25) is 0 Å². The molecule has 5 rings (SSSR count). The lowest BCUT2D eigenvalue weighted by Crippen LogP contribution is -2.44. The maximum absolute atomic E-state index is 12.3. The molecule has 10 heteroatoms. The molecule has 2 aliphatic heterocycles. The second-order valence-electron chi connectivity index (χ2n) is 11.6. The average Bonchev–Trinajstić information content (AvgIpc) is 3.09. The first-order chi connectivity index (χ1) is 22.0. The molecule has 2 amide bonds. The van der Waals surface area contributed by atoms with Crippen molar-refractivity contribution in [2.45, 2.75) is 63.8 Å². The molecule has 2 heterocycles. The molecule has 3 atom stereocenters. The minimum absolute atomic E-state index is 0.00491. The Bertz CT molecular complexity index is 1390. The molecule has 45 heavy (non-hydrogen) atoms. The highest BCUT2D eigenvalue weighted by molar-refractivity contribution is 5.76. The summed E-state index contributed by atoms with van der Waals surface area (Å²) in [5, 5.41) is 21.0. The number of amides is 2. The maximum Gasteiger partial charge on any atom is 0.243 e. The molecule has 0 aromatic heterocycles. The Labute approximate surface area is 264 Å². The lowest BCUT2D eigenvalue weighted by Gasteiger charge is -2.39. The largest absolute Gasteiger partial charge is 0.392 e. The summed E-state index contributed by atoms with van der Waals surface area (Å²) < 4.78 is 18.7. The molecule has 0 radical (unpaired) electrons. The molecule has 3 unspecified atom stereocenters. The van der Waals surface area contributed by atoms with Crippen LogP contribution in [0.5, 0.6) is 0 Å². The van der Waals surface area contributed by atoms with Crippen molar-refractivity contribution in [1.29, 1.82) is 0 Å². The van der Waals surface area contributed by atoms with Crippen LogP contribution < -0.4 is 10.8 Å². The van der Waals surface area contributed by atoms with E-state index < -0.39 is 12.2 Å². The molecule has 0 spiro atoms. The van der Waals surface area contributed by atoms with Crippen molar-refractivity contribution >= 4 is 11.8 Å². The van der Waals surface area contributed by atoms with Gasteiger partial charge < -0.3 is 24.6 Å². The summed E-state index contributed by atoms with van der Waals surface area (Å²) in [5.74, 6) is -0.523. The third-order valence-electron chi connectivity index (χ3n) is 8.27. The van der Waals surface area contributed by atoms with E-state index in [9.17, 15) is 14.7 Å². The van der Waals surface area contributed by atoms with Crippen LogP contribution in [0.25, 0.3) is 11.1 Å². The van der Waals surface area contributed by atoms with Crippen LogP contribution in [0.4, 0.5) is 0 Å². The fourth-order valence-electron chi connectivity index (χ4n) is 5.75. The summed E-state index contributed by atoms with van der Waals surface area (Å²) >= 11 is 0. The van der Waals surface area contributed by atoms with Gasteiger partial charge >= 0.3 is 0 Å². The van der Waals surface area contributed by atoms with Gasteiger partial charge in [0.05, 0.1) is 32.0 Å². The number of benzene rings is 3. The Morgan fingerprint density at radius 1 is 0.822 bits per heavy atom. The number of aliphatic hydroxyl groups excluding tert-OH is 1. The zero-order valence-corrected chi connectivity index (χ0v) is 25.5. The van der Waals surface area contributed by atoms with Gasteiger partial charge in [-0.2, -0.15) is 0 Å². The number of hydrogen-bond donors (Lipinski definition) is 4. The number of nitrogens with zero attached hydrogens (tertiary/aromatic N) is 1. The van der Waals surface area contributed by atoms with E-state index in [0.29, 0.717) is 25.8 Å². The van der Waals surface area contributed by atoms with Gasteiger partial charge in [0.1, 0.15) is 0 Å². The van der Waals surface area contributed by atoms with Crippen LogP contribution in [-0.4, -0.2) is 66.0 Å². The van der Waals surface area contributed by atoms with Crippen LogP contribution in [0.3, 0.4) is 0 Å². The lowest BCUT2D eigenvalue weighted by atomic mass is 9.98. The number of ether oxygens (including phenoxy) is 3. The predicted octanol–water partition coefficient (Wildman–Crippen LogP) is 4.41. The van der Waals surface area contributed by atoms with Crippen LogP contribution >= 0.6 is 0 Å². The number of rotatable bonds is 13. The summed E-state index contributed by atoms with van der Waals surface area (Å²) in [6, 6.07) is 24.2. The molecular weight excluding hydrogens is 574 g/mol. The Kier molecular flexibility index (Phi) is 12.1. The van der Waals surface area contributed by atoms with Gasteiger partial charge in [0, 0.05) is 51.0 Å². The molecule has 10 nitrogen and oxygen atoms in total. The monoisotopic (exact) mass is 617 g/mol. The summed E-state index contributed by atoms with van der Waals surface area (Å²) in [6.45, 7) is 4.45. The van der Waals surface area contributed by atoms with Gasteiger partial charge in [0.25, 0.3) is 0 Å². The number of morpholine rings is 1. The number of carbonyl (C=O) groups excluding carboxylic acids is 2. The van der Waals surface area contributed by atoms with Crippen molar-refractivity contribution in [3.63, 3.8) is 0 Å². The Hall–Kier alpha value is -3.64. The fraction of sp³-hybridized carbons (Fsp3) is 0.429. The Morgan fingerprint density at radius 2 is 1.53 bits per heavy atom. The molecule has 2 saturated heterocycles. The standard InChI is InChI=1S/C35H43N3O7/c39-24-25-11-13-27(14-12-25)32-21-31(23-38-15-17-43-18-16-38)44-35(45-32)30-8-4-7-29(20-30)28-6-3-5-26(19-28)22-36-33(40)9-1-2-10-34(41)37-42/h3-8,11-14,19-20,31-32,35,39,42H,1-2,9-10,15-18,21-24H2,(H,36,40)(H,37,41). The van der Waals surface area contributed by atoms with Crippen LogP contribution in [0.1, 0.15) is 66.8 Å². The quantitative estimate of drug-likeness (QED) is 0.126. The molecule has 2 fully saturated rings. The highest BCUT2D eigenvalue weighted by atomic mass is 16.7. The highest BCUT2D eigenvalue weighted by Gasteiger charge is 2.33. The van der Waals surface area contributed by atoms with E-state index in [0.717, 1.165) is 72.6 Å². The minimum Gasteiger partial charge on any atom is -0.392 e. The van der Waals surface area contributed by atoms with Crippen LogP contribution in [0, 0.1) is 0 Å². The smallest absolute Gasteiger partial charge is 0.243 e. The molecule has 0 bridgehead atoms. The molecule has 0 saturated carbocycles. The van der Waals surface area contributed by atoms with Gasteiger partial charge in [0.2, 0.25) is 11.8 Å². The first kappa shape index (κ1) is 32.7. The number of unbranched alkanes of at least 4 members (excludes halogenated alkanes) is 1. The van der Waals surface area contributed by atoms with Crippen molar-refractivity contribution in [2.24, 2.45) is 0 Å². The molecule has 3 aromatic rings. The number of nitrogens with one attached hydrogen (secondary N) is 2. The topological polar surface area (TPSA) is 130 Å². The van der Waals surface area contributed by atoms with Crippen molar-refractivity contribution in [3.8, 4) is 11.1 Å². The number of hydroxylamine groups is 1. The summed E-state index contributed by atoms with van der Waals surface area (Å²) in [6.07, 6.45) is 1.63. The third-order valence-corrected chi connectivity index (χ3v) is 8.27. The minimum atomic E-state index is -0.543. The average molecular weight is 618 g/mol. The van der Waals surface area contributed by atoms with Gasteiger partial charge in [-0.15, -0.1) is 0 Å². The van der Waals surface area contributed by atoms with Crippen LogP contribution in [-0.2, 0) is 37.0 Å².